The van der Waals surface area contributed by atoms with Gasteiger partial charge in [-0.15, -0.1) is 0 Å². The lowest BCUT2D eigenvalue weighted by molar-refractivity contribution is 0.0945. The molecule has 0 saturated heterocycles. The van der Waals surface area contributed by atoms with Crippen LogP contribution in [-0.2, 0) is 18.6 Å². The van der Waals surface area contributed by atoms with E-state index in [-0.39, 0.29) is 29.5 Å². The van der Waals surface area contributed by atoms with E-state index in [1.807, 2.05) is 6.07 Å². The van der Waals surface area contributed by atoms with Gasteiger partial charge in [0, 0.05) is 11.5 Å². The third-order valence-corrected chi connectivity index (χ3v) is 3.78. The molecule has 7 nitrogen and oxygen atoms in total. The van der Waals surface area contributed by atoms with Crippen LogP contribution in [0.3, 0.4) is 0 Å². The highest BCUT2D eigenvalue weighted by Crippen LogP contribution is 2.20. The summed E-state index contributed by atoms with van der Waals surface area (Å²) < 4.78 is 23.7. The number of halogens is 1. The highest BCUT2D eigenvalue weighted by atomic mass is 19.1. The zero-order valence-corrected chi connectivity index (χ0v) is 15.4. The molecule has 2 heterocycles. The molecule has 2 N–H and O–H groups in total. The van der Waals surface area contributed by atoms with E-state index in [0.717, 1.165) is 11.4 Å². The van der Waals surface area contributed by atoms with Crippen LogP contribution in [0.1, 0.15) is 48.5 Å². The largest absolute Gasteiger partial charge is 0.484 e. The second-order valence-electron chi connectivity index (χ2n) is 7.08. The monoisotopic (exact) mass is 372 g/mol. The average molecular weight is 372 g/mol. The van der Waals surface area contributed by atoms with Gasteiger partial charge in [-0.05, 0) is 18.2 Å². The van der Waals surface area contributed by atoms with Gasteiger partial charge in [0.2, 0.25) is 5.89 Å². The molecule has 0 aliphatic rings. The number of aromatic nitrogens is 3. The van der Waals surface area contributed by atoms with Crippen LogP contribution in [0.15, 0.2) is 41.0 Å². The van der Waals surface area contributed by atoms with E-state index >= 15 is 0 Å². The van der Waals surface area contributed by atoms with Crippen molar-refractivity contribution in [2.45, 2.75) is 39.3 Å². The Morgan fingerprint density at radius 2 is 2.15 bits per heavy atom. The minimum absolute atomic E-state index is 0.00771. The number of oxazole rings is 1. The molecule has 0 aliphatic carbocycles. The Bertz CT molecular complexity index is 927. The van der Waals surface area contributed by atoms with Crippen molar-refractivity contribution in [3.05, 3.63) is 65.4 Å². The summed E-state index contributed by atoms with van der Waals surface area (Å²) in [5.41, 5.74) is 1.79. The van der Waals surface area contributed by atoms with Gasteiger partial charge < -0.3 is 14.5 Å². The molecule has 0 bridgehead atoms. The first-order valence-electron chi connectivity index (χ1n) is 8.47. The second kappa shape index (κ2) is 7.61. The Labute approximate surface area is 156 Å². The maximum atomic E-state index is 13.1. The number of amides is 1. The topological polar surface area (TPSA) is 93.0 Å². The second-order valence-corrected chi connectivity index (χ2v) is 7.08. The zero-order chi connectivity index (χ0) is 19.4. The molecule has 0 aliphatic heterocycles. The number of aromatic amines is 1. The number of H-pyrrole nitrogens is 1. The number of hydrogen-bond acceptors (Lipinski definition) is 5. The van der Waals surface area contributed by atoms with Crippen molar-refractivity contribution < 1.29 is 18.3 Å². The molecule has 1 amide bonds. The van der Waals surface area contributed by atoms with Crippen molar-refractivity contribution in [1.82, 2.24) is 20.5 Å². The van der Waals surface area contributed by atoms with Gasteiger partial charge in [0.25, 0.3) is 5.91 Å². The maximum absolute atomic E-state index is 13.1. The lowest BCUT2D eigenvalue weighted by Gasteiger charge is -2.13. The number of benzene rings is 1. The molecule has 2 aromatic heterocycles. The standard InChI is InChI=1S/C19H21FN4O3/c1-19(2,3)16-8-13(23-24-16)9-21-18(25)15-10-27-17(22-15)11-26-14-6-4-5-12(20)7-14/h4-8,10H,9,11H2,1-3H3,(H,21,25)(H,23,24). The molecule has 0 unspecified atom stereocenters. The number of rotatable bonds is 6. The van der Waals surface area contributed by atoms with Crippen molar-refractivity contribution in [2.24, 2.45) is 0 Å². The summed E-state index contributed by atoms with van der Waals surface area (Å²) >= 11 is 0. The lowest BCUT2D eigenvalue weighted by Crippen LogP contribution is -2.23. The molecule has 8 heteroatoms. The fourth-order valence-corrected chi connectivity index (χ4v) is 2.29. The quantitative estimate of drug-likeness (QED) is 0.692. The maximum Gasteiger partial charge on any atom is 0.273 e. The first kappa shape index (κ1) is 18.6. The number of carbonyl (C=O) groups is 1. The summed E-state index contributed by atoms with van der Waals surface area (Å²) in [6.07, 6.45) is 1.26. The van der Waals surface area contributed by atoms with Crippen LogP contribution in [0.2, 0.25) is 0 Å². The molecule has 3 rings (SSSR count). The van der Waals surface area contributed by atoms with Gasteiger partial charge >= 0.3 is 0 Å². The lowest BCUT2D eigenvalue weighted by atomic mass is 9.92. The number of hydrogen-bond donors (Lipinski definition) is 2. The van der Waals surface area contributed by atoms with Gasteiger partial charge in [-0.25, -0.2) is 9.37 Å². The number of ether oxygens (including phenoxy) is 1. The van der Waals surface area contributed by atoms with Crippen molar-refractivity contribution in [3.63, 3.8) is 0 Å². The predicted octanol–water partition coefficient (Wildman–Crippen LogP) is 3.34. The Morgan fingerprint density at radius 3 is 2.85 bits per heavy atom. The van der Waals surface area contributed by atoms with Crippen molar-refractivity contribution in [3.8, 4) is 5.75 Å². The molecule has 0 radical (unpaired) electrons. The highest BCUT2D eigenvalue weighted by molar-refractivity contribution is 5.91. The van der Waals surface area contributed by atoms with E-state index in [1.54, 1.807) is 12.1 Å². The van der Waals surface area contributed by atoms with Crippen LogP contribution in [0.25, 0.3) is 0 Å². The summed E-state index contributed by atoms with van der Waals surface area (Å²) in [5.74, 6) is -0.190. The molecule has 0 saturated carbocycles. The Morgan fingerprint density at radius 1 is 1.33 bits per heavy atom. The minimum atomic E-state index is -0.395. The van der Waals surface area contributed by atoms with Gasteiger partial charge in [0.05, 0.1) is 17.9 Å². The van der Waals surface area contributed by atoms with Crippen LogP contribution in [-0.4, -0.2) is 21.1 Å². The number of nitrogens with one attached hydrogen (secondary N) is 2. The summed E-state index contributed by atoms with van der Waals surface area (Å²) in [6.45, 7) is 6.48. The number of nitrogens with zero attached hydrogens (tertiary/aromatic N) is 2. The van der Waals surface area contributed by atoms with Crippen LogP contribution in [0.5, 0.6) is 5.75 Å². The predicted molar refractivity (Wildman–Crippen MR) is 95.7 cm³/mol. The molecule has 3 aromatic rings. The van der Waals surface area contributed by atoms with Gasteiger partial charge in [-0.1, -0.05) is 26.8 Å². The van der Waals surface area contributed by atoms with Crippen molar-refractivity contribution >= 4 is 5.91 Å². The third-order valence-electron chi connectivity index (χ3n) is 3.78. The summed E-state index contributed by atoms with van der Waals surface area (Å²) in [4.78, 5) is 16.3. The van der Waals surface area contributed by atoms with Crippen molar-refractivity contribution in [1.29, 1.82) is 0 Å². The SMILES string of the molecule is CC(C)(C)c1cc(CNC(=O)c2coc(COc3cccc(F)c3)n2)[nH]n1. The Kier molecular flexibility index (Phi) is 5.25. The van der Waals surface area contributed by atoms with E-state index in [2.05, 4.69) is 41.3 Å². The molecular weight excluding hydrogens is 351 g/mol. The van der Waals surface area contributed by atoms with Gasteiger partial charge in [0.1, 0.15) is 17.8 Å². The summed E-state index contributed by atoms with van der Waals surface area (Å²) in [7, 11) is 0. The van der Waals surface area contributed by atoms with Crippen LogP contribution >= 0.6 is 0 Å². The minimum Gasteiger partial charge on any atom is -0.484 e. The van der Waals surface area contributed by atoms with E-state index in [4.69, 9.17) is 9.15 Å². The summed E-state index contributed by atoms with van der Waals surface area (Å²) in [6, 6.07) is 7.66. The Hall–Kier alpha value is -3.16. The first-order chi connectivity index (χ1) is 12.8. The third kappa shape index (κ3) is 4.93. The van der Waals surface area contributed by atoms with E-state index in [1.165, 1.54) is 18.4 Å². The van der Waals surface area contributed by atoms with Gasteiger partial charge in [0.15, 0.2) is 12.3 Å². The summed E-state index contributed by atoms with van der Waals surface area (Å²) in [5, 5.41) is 9.91. The van der Waals surface area contributed by atoms with Crippen molar-refractivity contribution in [2.75, 3.05) is 0 Å². The van der Waals surface area contributed by atoms with E-state index in [0.29, 0.717) is 12.3 Å². The van der Waals surface area contributed by atoms with E-state index in [9.17, 15) is 9.18 Å². The smallest absolute Gasteiger partial charge is 0.273 e. The van der Waals surface area contributed by atoms with Gasteiger partial charge in [-0.3, -0.25) is 9.89 Å². The molecule has 0 atom stereocenters. The fourth-order valence-electron chi connectivity index (χ4n) is 2.29. The van der Waals surface area contributed by atoms with Gasteiger partial charge in [-0.2, -0.15) is 5.10 Å². The van der Waals surface area contributed by atoms with Crippen LogP contribution in [0, 0.1) is 5.82 Å². The highest BCUT2D eigenvalue weighted by Gasteiger charge is 2.18. The molecule has 142 valence electrons. The first-order valence-corrected chi connectivity index (χ1v) is 8.47. The van der Waals surface area contributed by atoms with Crippen LogP contribution < -0.4 is 10.1 Å². The Balaban J connectivity index is 1.53. The molecule has 0 spiro atoms. The normalized spacial score (nSPS) is 11.4. The van der Waals surface area contributed by atoms with E-state index < -0.39 is 5.82 Å². The molecular formula is C19H21FN4O3. The number of carbonyl (C=O) groups excluding carboxylic acids is 1. The average Bonchev–Trinajstić information content (AvgIpc) is 3.27. The zero-order valence-electron chi connectivity index (χ0n) is 15.4. The van der Waals surface area contributed by atoms with Crippen LogP contribution in [0.4, 0.5) is 4.39 Å². The molecule has 0 fully saturated rings. The fraction of sp³-hybridized carbons (Fsp3) is 0.316. The molecule has 27 heavy (non-hydrogen) atoms. The molecule has 1 aromatic carbocycles.